The zero-order chi connectivity index (χ0) is 20.8. The Labute approximate surface area is 180 Å². The van der Waals surface area contributed by atoms with Crippen molar-refractivity contribution >= 4 is 0 Å². The molecule has 0 aromatic heterocycles. The molecule has 1 saturated carbocycles. The number of benzene rings is 2. The van der Waals surface area contributed by atoms with Crippen LogP contribution < -0.4 is 4.74 Å². The lowest BCUT2D eigenvalue weighted by Crippen LogP contribution is -2.48. The molecule has 1 heterocycles. The highest BCUT2D eigenvalue weighted by molar-refractivity contribution is 5.36. The highest BCUT2D eigenvalue weighted by Crippen LogP contribution is 2.48. The third kappa shape index (κ3) is 4.56. The molecule has 0 spiro atoms. The lowest BCUT2D eigenvalue weighted by Gasteiger charge is -2.46. The van der Waals surface area contributed by atoms with E-state index in [4.69, 9.17) is 9.47 Å². The summed E-state index contributed by atoms with van der Waals surface area (Å²) in [5.41, 5.74) is 1.32. The summed E-state index contributed by atoms with van der Waals surface area (Å²) in [6.07, 6.45) is 5.82. The maximum atomic E-state index is 12.6. The fraction of sp³-hybridized carbons (Fsp3) is 0.538. The van der Waals surface area contributed by atoms with Crippen LogP contribution in [0.15, 0.2) is 54.6 Å². The molecule has 2 aliphatic rings. The van der Waals surface area contributed by atoms with Crippen molar-refractivity contribution in [2.24, 2.45) is 5.92 Å². The van der Waals surface area contributed by atoms with Gasteiger partial charge >= 0.3 is 0 Å². The van der Waals surface area contributed by atoms with Gasteiger partial charge < -0.3 is 14.6 Å². The van der Waals surface area contributed by atoms with Gasteiger partial charge in [-0.1, -0.05) is 61.7 Å². The number of hydrogen-bond donors (Lipinski definition) is 1. The standard InChI is InChI=1S/C26H35NO3/c1-29-24-14-12-23(13-15-24)26(28,22-10-6-3-7-11-22)25(21-8-4-2-5-9-21)20-27-16-18-30-19-17-27/h2,4-5,8-9,12-15,22,25,28H,3,6-7,10-11,16-20H2,1H3/t25-,26-/m0/s1. The average Bonchev–Trinajstić information content (AvgIpc) is 2.84. The smallest absolute Gasteiger partial charge is 0.118 e. The van der Waals surface area contributed by atoms with Crippen LogP contribution in [0.5, 0.6) is 5.75 Å². The molecule has 4 nitrogen and oxygen atoms in total. The molecule has 0 bridgehead atoms. The Hall–Kier alpha value is -1.88. The van der Waals surface area contributed by atoms with Crippen LogP contribution in [0.1, 0.15) is 49.1 Å². The number of morpholine rings is 1. The Balaban J connectivity index is 1.76. The predicted molar refractivity (Wildman–Crippen MR) is 120 cm³/mol. The van der Waals surface area contributed by atoms with Crippen LogP contribution in [0.25, 0.3) is 0 Å². The topological polar surface area (TPSA) is 41.9 Å². The van der Waals surface area contributed by atoms with Gasteiger partial charge in [-0.2, -0.15) is 0 Å². The molecule has 0 amide bonds. The summed E-state index contributed by atoms with van der Waals surface area (Å²) in [7, 11) is 1.69. The highest BCUT2D eigenvalue weighted by atomic mass is 16.5. The summed E-state index contributed by atoms with van der Waals surface area (Å²) < 4.78 is 11.0. The van der Waals surface area contributed by atoms with E-state index in [2.05, 4.69) is 47.4 Å². The zero-order valence-corrected chi connectivity index (χ0v) is 18.1. The second-order valence-electron chi connectivity index (χ2n) is 8.77. The molecule has 2 aromatic carbocycles. The van der Waals surface area contributed by atoms with Crippen LogP contribution in [0.3, 0.4) is 0 Å². The van der Waals surface area contributed by atoms with Gasteiger partial charge in [0.1, 0.15) is 11.4 Å². The quantitative estimate of drug-likeness (QED) is 0.727. The van der Waals surface area contributed by atoms with Crippen molar-refractivity contribution in [3.63, 3.8) is 0 Å². The molecule has 162 valence electrons. The van der Waals surface area contributed by atoms with Crippen molar-refractivity contribution < 1.29 is 14.6 Å². The fourth-order valence-corrected chi connectivity index (χ4v) is 5.35. The molecule has 0 radical (unpaired) electrons. The summed E-state index contributed by atoms with van der Waals surface area (Å²) in [5.74, 6) is 1.09. The molecular weight excluding hydrogens is 374 g/mol. The largest absolute Gasteiger partial charge is 0.497 e. The molecule has 4 rings (SSSR count). The second kappa shape index (κ2) is 9.95. The first-order chi connectivity index (χ1) is 14.7. The van der Waals surface area contributed by atoms with Crippen molar-refractivity contribution in [3.05, 3.63) is 65.7 Å². The molecule has 2 aromatic rings. The molecule has 30 heavy (non-hydrogen) atoms. The summed E-state index contributed by atoms with van der Waals surface area (Å²) in [4.78, 5) is 2.46. The van der Waals surface area contributed by atoms with E-state index < -0.39 is 5.60 Å². The number of rotatable bonds is 7. The minimum Gasteiger partial charge on any atom is -0.497 e. The lowest BCUT2D eigenvalue weighted by atomic mass is 9.65. The van der Waals surface area contributed by atoms with Crippen LogP contribution in [-0.2, 0) is 10.3 Å². The van der Waals surface area contributed by atoms with Gasteiger partial charge in [-0.3, -0.25) is 4.90 Å². The summed E-state index contributed by atoms with van der Waals surface area (Å²) in [6.45, 7) is 4.23. The van der Waals surface area contributed by atoms with E-state index >= 15 is 0 Å². The molecule has 1 aliphatic heterocycles. The molecule has 0 unspecified atom stereocenters. The Morgan fingerprint density at radius 3 is 2.30 bits per heavy atom. The summed E-state index contributed by atoms with van der Waals surface area (Å²) in [5, 5.41) is 12.6. The van der Waals surface area contributed by atoms with Gasteiger partial charge in [-0.25, -0.2) is 0 Å². The van der Waals surface area contributed by atoms with Crippen molar-refractivity contribution in [2.45, 2.75) is 43.6 Å². The van der Waals surface area contributed by atoms with E-state index in [0.717, 1.165) is 57.0 Å². The number of ether oxygens (including phenoxy) is 2. The Kier molecular flexibility index (Phi) is 7.08. The van der Waals surface area contributed by atoms with Crippen molar-refractivity contribution in [1.29, 1.82) is 0 Å². The fourth-order valence-electron chi connectivity index (χ4n) is 5.35. The lowest BCUT2D eigenvalue weighted by molar-refractivity contribution is -0.0758. The predicted octanol–water partition coefficient (Wildman–Crippen LogP) is 4.58. The Morgan fingerprint density at radius 2 is 1.67 bits per heavy atom. The second-order valence-corrected chi connectivity index (χ2v) is 8.77. The average molecular weight is 410 g/mol. The van der Waals surface area contributed by atoms with Crippen molar-refractivity contribution in [1.82, 2.24) is 4.90 Å². The SMILES string of the molecule is COc1ccc([C@@](O)(C2CCCCC2)[C@@H](CN2CCOCC2)c2ccccc2)cc1. The third-order valence-electron chi connectivity index (χ3n) is 7.06. The molecule has 1 aliphatic carbocycles. The van der Waals surface area contributed by atoms with Gasteiger partial charge in [0.2, 0.25) is 0 Å². The zero-order valence-electron chi connectivity index (χ0n) is 18.1. The first-order valence-electron chi connectivity index (χ1n) is 11.4. The van der Waals surface area contributed by atoms with Crippen molar-refractivity contribution in [2.75, 3.05) is 40.0 Å². The van der Waals surface area contributed by atoms with E-state index in [-0.39, 0.29) is 11.8 Å². The van der Waals surface area contributed by atoms with E-state index in [9.17, 15) is 5.11 Å². The van der Waals surface area contributed by atoms with Crippen LogP contribution in [0.4, 0.5) is 0 Å². The van der Waals surface area contributed by atoms with Gasteiger partial charge in [0.25, 0.3) is 0 Å². The van der Waals surface area contributed by atoms with Gasteiger partial charge in [0.05, 0.1) is 20.3 Å². The number of methoxy groups -OCH3 is 1. The molecule has 1 N–H and O–H groups in total. The minimum atomic E-state index is -0.910. The Bertz CT molecular complexity index is 767. The first-order valence-corrected chi connectivity index (χ1v) is 11.4. The first kappa shape index (κ1) is 21.4. The normalized spacial score (nSPS) is 21.7. The number of hydrogen-bond acceptors (Lipinski definition) is 4. The van der Waals surface area contributed by atoms with E-state index in [1.807, 2.05) is 12.1 Å². The highest BCUT2D eigenvalue weighted by Gasteiger charge is 2.46. The maximum Gasteiger partial charge on any atom is 0.118 e. The van der Waals surface area contributed by atoms with Crippen LogP contribution in [-0.4, -0.2) is 50.0 Å². The Morgan fingerprint density at radius 1 is 1.00 bits per heavy atom. The third-order valence-corrected chi connectivity index (χ3v) is 7.06. The van der Waals surface area contributed by atoms with E-state index in [0.29, 0.717) is 0 Å². The molecule has 2 fully saturated rings. The van der Waals surface area contributed by atoms with Gasteiger partial charge in [-0.15, -0.1) is 0 Å². The monoisotopic (exact) mass is 409 g/mol. The maximum absolute atomic E-state index is 12.6. The van der Waals surface area contributed by atoms with Gasteiger partial charge in [0, 0.05) is 25.6 Å². The molecule has 1 saturated heterocycles. The molecule has 2 atom stereocenters. The van der Waals surface area contributed by atoms with E-state index in [1.165, 1.54) is 24.8 Å². The minimum absolute atomic E-state index is 0.00768. The van der Waals surface area contributed by atoms with E-state index in [1.54, 1.807) is 7.11 Å². The number of aliphatic hydroxyl groups is 1. The van der Waals surface area contributed by atoms with Crippen LogP contribution in [0, 0.1) is 5.92 Å². The molecular formula is C26H35NO3. The van der Waals surface area contributed by atoms with Crippen LogP contribution >= 0.6 is 0 Å². The van der Waals surface area contributed by atoms with Gasteiger partial charge in [0.15, 0.2) is 0 Å². The summed E-state index contributed by atoms with van der Waals surface area (Å²) >= 11 is 0. The molecule has 4 heteroatoms. The van der Waals surface area contributed by atoms with Crippen molar-refractivity contribution in [3.8, 4) is 5.75 Å². The van der Waals surface area contributed by atoms with Crippen LogP contribution in [0.2, 0.25) is 0 Å². The number of nitrogens with zero attached hydrogens (tertiary/aromatic N) is 1. The summed E-state index contributed by atoms with van der Waals surface area (Å²) in [6, 6.07) is 18.7. The van der Waals surface area contributed by atoms with Gasteiger partial charge in [-0.05, 0) is 42.0 Å².